The van der Waals surface area contributed by atoms with E-state index in [9.17, 15) is 4.79 Å². The molecule has 0 radical (unpaired) electrons. The van der Waals surface area contributed by atoms with Gasteiger partial charge in [0.2, 0.25) is 0 Å². The van der Waals surface area contributed by atoms with Gasteiger partial charge in [0.15, 0.2) is 0 Å². The molecule has 14 heavy (non-hydrogen) atoms. The third-order valence-corrected chi connectivity index (χ3v) is 4.42. The molecular formula is C10H19NO2S. The van der Waals surface area contributed by atoms with Crippen molar-refractivity contribution in [2.24, 2.45) is 0 Å². The molecule has 3 nitrogen and oxygen atoms in total. The van der Waals surface area contributed by atoms with E-state index in [0.717, 1.165) is 6.42 Å². The smallest absolute Gasteiger partial charge is 0.320 e. The molecule has 0 amide bonds. The van der Waals surface area contributed by atoms with Gasteiger partial charge in [-0.15, -0.1) is 0 Å². The lowest BCUT2D eigenvalue weighted by Gasteiger charge is -2.37. The van der Waals surface area contributed by atoms with Gasteiger partial charge >= 0.3 is 5.97 Å². The fourth-order valence-electron chi connectivity index (χ4n) is 1.90. The molecule has 0 spiro atoms. The Morgan fingerprint density at radius 2 is 2.29 bits per heavy atom. The second-order valence-corrected chi connectivity index (χ2v) is 5.45. The van der Waals surface area contributed by atoms with Crippen molar-refractivity contribution in [2.45, 2.75) is 44.0 Å². The van der Waals surface area contributed by atoms with Gasteiger partial charge in [-0.2, -0.15) is 11.8 Å². The Morgan fingerprint density at radius 3 is 2.79 bits per heavy atom. The number of carbonyl (C=O) groups is 1. The van der Waals surface area contributed by atoms with E-state index < -0.39 is 5.97 Å². The Bertz CT molecular complexity index is 210. The number of thioether (sulfide) groups is 1. The average Bonchev–Trinajstić information content (AvgIpc) is 2.16. The van der Waals surface area contributed by atoms with E-state index in [0.29, 0.717) is 11.3 Å². The van der Waals surface area contributed by atoms with Crippen LogP contribution in [-0.4, -0.2) is 46.1 Å². The van der Waals surface area contributed by atoms with E-state index in [-0.39, 0.29) is 6.04 Å². The zero-order valence-corrected chi connectivity index (χ0v) is 9.88. The molecule has 3 unspecified atom stereocenters. The minimum absolute atomic E-state index is 0.374. The molecule has 1 heterocycles. The van der Waals surface area contributed by atoms with E-state index in [4.69, 9.17) is 5.11 Å². The van der Waals surface area contributed by atoms with Crippen molar-refractivity contribution in [2.75, 3.05) is 12.8 Å². The van der Waals surface area contributed by atoms with Gasteiger partial charge < -0.3 is 5.11 Å². The van der Waals surface area contributed by atoms with Gasteiger partial charge in [-0.05, 0) is 32.6 Å². The summed E-state index contributed by atoms with van der Waals surface area (Å²) in [7, 11) is 1.92. The van der Waals surface area contributed by atoms with Crippen LogP contribution < -0.4 is 0 Å². The lowest BCUT2D eigenvalue weighted by Crippen LogP contribution is -2.48. The highest BCUT2D eigenvalue weighted by Crippen LogP contribution is 2.29. The molecule has 0 saturated carbocycles. The minimum Gasteiger partial charge on any atom is -0.480 e. The molecule has 0 aliphatic carbocycles. The number of hydrogen-bond donors (Lipinski definition) is 1. The quantitative estimate of drug-likeness (QED) is 0.781. The number of nitrogens with zero attached hydrogens (tertiary/aromatic N) is 1. The maximum atomic E-state index is 10.8. The van der Waals surface area contributed by atoms with E-state index in [1.165, 1.54) is 12.2 Å². The number of aliphatic carboxylic acids is 1. The van der Waals surface area contributed by atoms with Gasteiger partial charge in [-0.3, -0.25) is 9.69 Å². The molecule has 0 aromatic carbocycles. The Labute approximate surface area is 89.9 Å². The topological polar surface area (TPSA) is 40.5 Å². The molecule has 1 N–H and O–H groups in total. The lowest BCUT2D eigenvalue weighted by atomic mass is 10.1. The van der Waals surface area contributed by atoms with Crippen LogP contribution in [0.3, 0.4) is 0 Å². The predicted molar refractivity (Wildman–Crippen MR) is 59.8 cm³/mol. The van der Waals surface area contributed by atoms with Crippen LogP contribution in [0.1, 0.15) is 26.7 Å². The van der Waals surface area contributed by atoms with Crippen LogP contribution in [0.25, 0.3) is 0 Å². The van der Waals surface area contributed by atoms with Crippen molar-refractivity contribution in [3.63, 3.8) is 0 Å². The number of rotatable bonds is 3. The summed E-state index contributed by atoms with van der Waals surface area (Å²) in [6.45, 7) is 3.95. The first-order chi connectivity index (χ1) is 6.54. The van der Waals surface area contributed by atoms with Crippen LogP contribution >= 0.6 is 11.8 Å². The van der Waals surface area contributed by atoms with E-state index in [1.54, 1.807) is 6.92 Å². The van der Waals surface area contributed by atoms with Crippen LogP contribution in [-0.2, 0) is 4.79 Å². The Kier molecular flexibility index (Phi) is 4.26. The summed E-state index contributed by atoms with van der Waals surface area (Å²) in [6.07, 6.45) is 2.33. The van der Waals surface area contributed by atoms with Crippen molar-refractivity contribution in [3.8, 4) is 0 Å². The van der Waals surface area contributed by atoms with Crippen LogP contribution in [0, 0.1) is 0 Å². The standard InChI is InChI=1S/C10H19NO2S/c1-7(10(12)13)11(3)9-5-4-6-14-8(9)2/h7-9H,4-6H2,1-3H3,(H,12,13). The third-order valence-electron chi connectivity index (χ3n) is 3.06. The van der Waals surface area contributed by atoms with Crippen molar-refractivity contribution >= 4 is 17.7 Å². The molecule has 82 valence electrons. The predicted octanol–water partition coefficient (Wildman–Crippen LogP) is 1.68. The molecule has 4 heteroatoms. The maximum Gasteiger partial charge on any atom is 0.320 e. The van der Waals surface area contributed by atoms with Gasteiger partial charge in [0.05, 0.1) is 0 Å². The molecule has 1 rings (SSSR count). The second kappa shape index (κ2) is 5.03. The highest BCUT2D eigenvalue weighted by atomic mass is 32.2. The maximum absolute atomic E-state index is 10.8. The molecule has 0 aromatic rings. The minimum atomic E-state index is -0.727. The summed E-state index contributed by atoms with van der Waals surface area (Å²) < 4.78 is 0. The van der Waals surface area contributed by atoms with Crippen LogP contribution in [0.15, 0.2) is 0 Å². The summed E-state index contributed by atoms with van der Waals surface area (Å²) in [6, 6.07) is 0.0426. The molecule has 1 aliphatic rings. The van der Waals surface area contributed by atoms with Crippen molar-refractivity contribution in [1.29, 1.82) is 0 Å². The third kappa shape index (κ3) is 2.64. The lowest BCUT2D eigenvalue weighted by molar-refractivity contribution is -0.143. The van der Waals surface area contributed by atoms with E-state index in [1.807, 2.05) is 23.7 Å². The van der Waals surface area contributed by atoms with Gasteiger partial charge in [-0.25, -0.2) is 0 Å². The summed E-state index contributed by atoms with van der Waals surface area (Å²) >= 11 is 1.95. The Balaban J connectivity index is 2.57. The Morgan fingerprint density at radius 1 is 1.64 bits per heavy atom. The summed E-state index contributed by atoms with van der Waals surface area (Å²) in [5.41, 5.74) is 0. The SMILES string of the molecule is CC1SCCCC1N(C)C(C)C(=O)O. The molecular weight excluding hydrogens is 198 g/mol. The van der Waals surface area contributed by atoms with E-state index >= 15 is 0 Å². The Hall–Kier alpha value is -0.220. The van der Waals surface area contributed by atoms with Crippen molar-refractivity contribution in [3.05, 3.63) is 0 Å². The van der Waals surface area contributed by atoms with Crippen molar-refractivity contribution < 1.29 is 9.90 Å². The fourth-order valence-corrected chi connectivity index (χ4v) is 3.16. The van der Waals surface area contributed by atoms with Gasteiger partial charge in [0.25, 0.3) is 0 Å². The summed E-state index contributed by atoms with van der Waals surface area (Å²) in [5, 5.41) is 9.47. The highest BCUT2D eigenvalue weighted by Gasteiger charge is 2.30. The number of carboxylic acids is 1. The monoisotopic (exact) mass is 217 g/mol. The first-order valence-corrected chi connectivity index (χ1v) is 6.15. The average molecular weight is 217 g/mol. The zero-order valence-electron chi connectivity index (χ0n) is 9.06. The van der Waals surface area contributed by atoms with Crippen LogP contribution in [0.2, 0.25) is 0 Å². The zero-order chi connectivity index (χ0) is 10.7. The summed E-state index contributed by atoms with van der Waals surface area (Å²) in [5.74, 6) is 0.489. The fraction of sp³-hybridized carbons (Fsp3) is 0.900. The number of carboxylic acid groups (broad SMARTS) is 1. The second-order valence-electron chi connectivity index (χ2n) is 3.97. The van der Waals surface area contributed by atoms with Crippen molar-refractivity contribution in [1.82, 2.24) is 4.90 Å². The number of hydrogen-bond acceptors (Lipinski definition) is 3. The molecule has 3 atom stereocenters. The number of likely N-dealkylation sites (N-methyl/N-ethyl adjacent to an activating group) is 1. The first-order valence-electron chi connectivity index (χ1n) is 5.10. The molecule has 0 bridgehead atoms. The van der Waals surface area contributed by atoms with Gasteiger partial charge in [0.1, 0.15) is 6.04 Å². The molecule has 1 fully saturated rings. The first kappa shape index (κ1) is 11.9. The summed E-state index contributed by atoms with van der Waals surface area (Å²) in [4.78, 5) is 12.8. The molecule has 0 aromatic heterocycles. The van der Waals surface area contributed by atoms with Gasteiger partial charge in [-0.1, -0.05) is 6.92 Å². The molecule has 1 aliphatic heterocycles. The van der Waals surface area contributed by atoms with Crippen LogP contribution in [0.5, 0.6) is 0 Å². The van der Waals surface area contributed by atoms with Crippen LogP contribution in [0.4, 0.5) is 0 Å². The van der Waals surface area contributed by atoms with Gasteiger partial charge in [0, 0.05) is 11.3 Å². The normalized spacial score (nSPS) is 30.3. The highest BCUT2D eigenvalue weighted by molar-refractivity contribution is 7.99. The molecule has 1 saturated heterocycles. The largest absolute Gasteiger partial charge is 0.480 e. The van der Waals surface area contributed by atoms with E-state index in [2.05, 4.69) is 6.92 Å².